The van der Waals surface area contributed by atoms with Gasteiger partial charge in [-0.1, -0.05) is 90.1 Å². The van der Waals surface area contributed by atoms with E-state index in [0.29, 0.717) is 11.1 Å². The van der Waals surface area contributed by atoms with E-state index < -0.39 is 150 Å². The second-order valence-electron chi connectivity index (χ2n) is 22.3. The number of nitrogens with one attached hydrogen (secondary N) is 10. The number of rotatable bonds is 17. The first-order chi connectivity index (χ1) is 38.9. The number of H-pyrrole nitrogens is 1. The zero-order valence-electron chi connectivity index (χ0n) is 48.6. The van der Waals surface area contributed by atoms with E-state index in [0.717, 1.165) is 10.9 Å². The predicted molar refractivity (Wildman–Crippen MR) is 309 cm³/mol. The first kappa shape index (κ1) is 67.2. The summed E-state index contributed by atoms with van der Waals surface area (Å²) in [5.74, 6) is -10.6. The number of hydrogen-bond donors (Lipinski definition) is 14. The molecule has 0 bridgehead atoms. The lowest BCUT2D eigenvalue weighted by Gasteiger charge is -2.31. The zero-order chi connectivity index (χ0) is 60.8. The largest absolute Gasteiger partial charge is 0.391 e. The van der Waals surface area contributed by atoms with Gasteiger partial charge in [-0.3, -0.25) is 47.9 Å². The van der Waals surface area contributed by atoms with Crippen LogP contribution < -0.4 is 65.1 Å². The Labute approximate surface area is 480 Å². The third kappa shape index (κ3) is 20.0. The van der Waals surface area contributed by atoms with Crippen molar-refractivity contribution in [1.29, 1.82) is 0 Å². The minimum atomic E-state index is -1.59. The molecule has 24 nitrogen and oxygen atoms in total. The molecule has 4 rings (SSSR count). The van der Waals surface area contributed by atoms with E-state index >= 15 is 0 Å². The molecular formula is C58H89N13O11. The number of fused-ring (bicyclic) bond motifs is 1. The molecule has 0 saturated carbocycles. The quantitative estimate of drug-likeness (QED) is 0.0810. The summed E-state index contributed by atoms with van der Waals surface area (Å²) in [5, 5.41) is 36.2. The molecule has 2 aromatic carbocycles. The van der Waals surface area contributed by atoms with Crippen molar-refractivity contribution >= 4 is 69.9 Å². The van der Waals surface area contributed by atoms with Crippen LogP contribution in [0.5, 0.6) is 0 Å². The van der Waals surface area contributed by atoms with Crippen molar-refractivity contribution in [3.63, 3.8) is 0 Å². The first-order valence-corrected chi connectivity index (χ1v) is 28.5. The Morgan fingerprint density at radius 3 is 1.41 bits per heavy atom. The van der Waals surface area contributed by atoms with Crippen LogP contribution in [0.2, 0.25) is 0 Å². The fourth-order valence-corrected chi connectivity index (χ4v) is 9.60. The highest BCUT2D eigenvalue weighted by Crippen LogP contribution is 2.21. The lowest BCUT2D eigenvalue weighted by Crippen LogP contribution is -2.62. The molecule has 17 N–H and O–H groups in total. The van der Waals surface area contributed by atoms with Gasteiger partial charge in [-0.05, 0) is 107 Å². The standard InChI is InChI=1S/C58H89N13O11/c1-31(2)46-56(80)67-43(27-36-17-10-9-11-18-36)55(79)69-48(33(5)6)58(82)71-49(35(8)72)45(73)29-37(19-14-24-59)51(75)64-41(22-15-25-60)52(76)65-42(23-16-26-61)53(77)66-44(28-38-30-62-40-21-13-12-20-39(38)40)54(78)63-34(7)50(74)68-47(32(3)4)57(81)70-46/h9-13,17-18,20-21,30-35,37,41-44,46-49,62,72H,14-16,19,22-29,59-61H2,1-8H3,(H,63,78)(H,64,75)(H,65,76)(H,66,77)(H,67,80)(H,68,74)(H,69,79)(H,70,81)(H,71,82)/t34-,35-,37+,41+,42?,43+,44+,46-,47-,48-,49+/m1/s1. The van der Waals surface area contributed by atoms with Crippen LogP contribution in [-0.2, 0) is 60.8 Å². The lowest BCUT2D eigenvalue weighted by atomic mass is 9.91. The molecule has 2 heterocycles. The van der Waals surface area contributed by atoms with Crippen LogP contribution in [0.25, 0.3) is 10.9 Å². The molecule has 0 spiro atoms. The fraction of sp³-hybridized carbons (Fsp3) is 0.586. The van der Waals surface area contributed by atoms with E-state index in [9.17, 15) is 53.1 Å². The van der Waals surface area contributed by atoms with Crippen molar-refractivity contribution in [3.05, 3.63) is 71.9 Å². The number of aromatic amines is 1. The first-order valence-electron chi connectivity index (χ1n) is 28.5. The van der Waals surface area contributed by atoms with E-state index in [4.69, 9.17) is 17.2 Å². The molecule has 1 aromatic heterocycles. The number of benzene rings is 2. The minimum absolute atomic E-state index is 0.000459. The van der Waals surface area contributed by atoms with Crippen molar-refractivity contribution in [2.75, 3.05) is 19.6 Å². The molecule has 452 valence electrons. The van der Waals surface area contributed by atoms with Crippen molar-refractivity contribution < 1.29 is 53.1 Å². The number of ketones is 1. The zero-order valence-corrected chi connectivity index (χ0v) is 48.6. The third-order valence-electron chi connectivity index (χ3n) is 14.5. The molecule has 24 heteroatoms. The highest BCUT2D eigenvalue weighted by molar-refractivity contribution is 6.00. The highest BCUT2D eigenvalue weighted by Gasteiger charge is 2.39. The maximum Gasteiger partial charge on any atom is 0.243 e. The van der Waals surface area contributed by atoms with Crippen LogP contribution in [-0.4, -0.2) is 149 Å². The summed E-state index contributed by atoms with van der Waals surface area (Å²) in [6.07, 6.45) is 0.320. The van der Waals surface area contributed by atoms with Gasteiger partial charge in [-0.2, -0.15) is 0 Å². The topological polar surface area (TPSA) is 393 Å². The summed E-state index contributed by atoms with van der Waals surface area (Å²) in [6.45, 7) is 13.0. The Balaban J connectivity index is 1.83. The van der Waals surface area contributed by atoms with Crippen LogP contribution >= 0.6 is 0 Å². The summed E-state index contributed by atoms with van der Waals surface area (Å²) in [6, 6.07) is 4.00. The Hall–Kier alpha value is -7.28. The van der Waals surface area contributed by atoms with Crippen LogP contribution in [0.3, 0.4) is 0 Å². The second kappa shape index (κ2) is 33.0. The van der Waals surface area contributed by atoms with Gasteiger partial charge in [-0.25, -0.2) is 0 Å². The van der Waals surface area contributed by atoms with Crippen LogP contribution in [0.1, 0.15) is 111 Å². The second-order valence-corrected chi connectivity index (χ2v) is 22.3. The average molecular weight is 1140 g/mol. The number of carbonyl (C=O) groups excluding carboxylic acids is 10. The Morgan fingerprint density at radius 1 is 0.463 bits per heavy atom. The Kier molecular flexibility index (Phi) is 27.0. The number of nitrogens with two attached hydrogens (primary N) is 3. The number of Topliss-reactive ketones (excluding diaryl/α,β-unsaturated/α-hetero) is 1. The molecule has 1 unspecified atom stereocenters. The fourth-order valence-electron chi connectivity index (χ4n) is 9.60. The number of para-hydroxylation sites is 1. The maximum atomic E-state index is 14.5. The van der Waals surface area contributed by atoms with E-state index in [-0.39, 0.29) is 71.0 Å². The van der Waals surface area contributed by atoms with Crippen molar-refractivity contribution in [2.24, 2.45) is 40.9 Å². The lowest BCUT2D eigenvalue weighted by molar-refractivity contribution is -0.138. The number of aliphatic hydroxyl groups excluding tert-OH is 1. The van der Waals surface area contributed by atoms with Gasteiger partial charge in [-0.15, -0.1) is 0 Å². The number of aliphatic hydroxyl groups is 1. The van der Waals surface area contributed by atoms with Crippen molar-refractivity contribution in [2.45, 2.75) is 174 Å². The monoisotopic (exact) mass is 1140 g/mol. The van der Waals surface area contributed by atoms with Gasteiger partial charge in [0.15, 0.2) is 5.78 Å². The highest BCUT2D eigenvalue weighted by atomic mass is 16.3. The summed E-state index contributed by atoms with van der Waals surface area (Å²) >= 11 is 0. The van der Waals surface area contributed by atoms with Crippen molar-refractivity contribution in [1.82, 2.24) is 52.8 Å². The Bertz CT molecular complexity index is 2650. The molecule has 3 aromatic rings. The van der Waals surface area contributed by atoms with Crippen LogP contribution in [0.4, 0.5) is 0 Å². The molecule has 1 aliphatic rings. The van der Waals surface area contributed by atoms with Gasteiger partial charge in [0.25, 0.3) is 0 Å². The predicted octanol–water partition coefficient (Wildman–Crippen LogP) is -0.509. The minimum Gasteiger partial charge on any atom is -0.391 e. The molecular weight excluding hydrogens is 1050 g/mol. The number of amides is 9. The Morgan fingerprint density at radius 2 is 0.878 bits per heavy atom. The van der Waals surface area contributed by atoms with E-state index in [2.05, 4.69) is 52.8 Å². The van der Waals surface area contributed by atoms with Crippen LogP contribution in [0, 0.1) is 23.7 Å². The summed E-state index contributed by atoms with van der Waals surface area (Å²) in [5.41, 5.74) is 19.7. The summed E-state index contributed by atoms with van der Waals surface area (Å²) in [4.78, 5) is 146. The number of carbonyl (C=O) groups is 10. The average Bonchev–Trinajstić information content (AvgIpc) is 4.09. The van der Waals surface area contributed by atoms with Gasteiger partial charge in [0.1, 0.15) is 54.4 Å². The van der Waals surface area contributed by atoms with E-state index in [1.165, 1.54) is 13.8 Å². The van der Waals surface area contributed by atoms with Gasteiger partial charge >= 0.3 is 0 Å². The number of aromatic nitrogens is 1. The van der Waals surface area contributed by atoms with Gasteiger partial charge in [0.2, 0.25) is 53.2 Å². The normalized spacial score (nSPS) is 25.5. The number of hydrogen-bond acceptors (Lipinski definition) is 14. The van der Waals surface area contributed by atoms with Gasteiger partial charge < -0.3 is 75.1 Å². The smallest absolute Gasteiger partial charge is 0.243 e. The summed E-state index contributed by atoms with van der Waals surface area (Å²) in [7, 11) is 0. The molecule has 11 atom stereocenters. The van der Waals surface area contributed by atoms with Crippen LogP contribution in [0.15, 0.2) is 60.8 Å². The molecule has 0 radical (unpaired) electrons. The van der Waals surface area contributed by atoms with Gasteiger partial charge in [0, 0.05) is 42.3 Å². The molecule has 1 aliphatic heterocycles. The molecule has 1 fully saturated rings. The summed E-state index contributed by atoms with van der Waals surface area (Å²) < 4.78 is 0. The van der Waals surface area contributed by atoms with E-state index in [1.807, 2.05) is 24.3 Å². The van der Waals surface area contributed by atoms with E-state index in [1.54, 1.807) is 78.1 Å². The molecule has 82 heavy (non-hydrogen) atoms. The molecule has 1 saturated heterocycles. The van der Waals surface area contributed by atoms with Crippen molar-refractivity contribution in [3.8, 4) is 0 Å². The third-order valence-corrected chi connectivity index (χ3v) is 14.5. The maximum absolute atomic E-state index is 14.5. The molecule has 0 aliphatic carbocycles. The SMILES string of the molecule is CC(C)[C@H]1NC(=O)[C@H](Cc2ccccc2)NC(=O)[C@@H](C(C)C)NC(=O)[C@@H](C(C)C)NC(=O)[C@@H](C)NC(=O)[C@H](Cc2c[nH]c3ccccc23)NC(=O)C(CCCN)NC(=O)[C@H](CCCN)NC(=O)[C@@H](CCCN)CC(=O)[C@H]([C@@H](C)O)NC1=O. The molecule has 9 amide bonds. The van der Waals surface area contributed by atoms with Gasteiger partial charge in [0.05, 0.1) is 6.10 Å².